The van der Waals surface area contributed by atoms with Gasteiger partial charge in [-0.25, -0.2) is 25.1 Å². The van der Waals surface area contributed by atoms with E-state index in [4.69, 9.17) is 4.74 Å². The van der Waals surface area contributed by atoms with E-state index in [1.807, 2.05) is 0 Å². The molecule has 10 heteroatoms. The van der Waals surface area contributed by atoms with Crippen LogP contribution in [0.4, 0.5) is 0 Å². The van der Waals surface area contributed by atoms with Gasteiger partial charge in [0.15, 0.2) is 10.1 Å². The average molecular weight is 221 g/mol. The van der Waals surface area contributed by atoms with Gasteiger partial charge in [-0.15, -0.1) is 0 Å². The molecule has 0 spiro atoms. The minimum Gasteiger partial charge on any atom is -0.369 e. The second kappa shape index (κ2) is 4.70. The molecule has 10 nitrogen and oxygen atoms in total. The van der Waals surface area contributed by atoms with Crippen LogP contribution in [0.2, 0.25) is 0 Å². The lowest BCUT2D eigenvalue weighted by Crippen LogP contribution is -2.58. The summed E-state index contributed by atoms with van der Waals surface area (Å²) >= 11 is 0. The number of rotatable bonds is 4. The SMILES string of the molecule is COCN1CN([N+](=O)[O-])CN([N+](=O)[O-])C1. The van der Waals surface area contributed by atoms with Crippen molar-refractivity contribution < 1.29 is 14.8 Å². The van der Waals surface area contributed by atoms with Crippen molar-refractivity contribution in [2.75, 3.05) is 33.8 Å². The quantitative estimate of drug-likeness (QED) is 0.429. The Labute approximate surface area is 84.8 Å². The summed E-state index contributed by atoms with van der Waals surface area (Å²) in [6.45, 7) is -0.217. The third-order valence-electron chi connectivity index (χ3n) is 1.83. The van der Waals surface area contributed by atoms with Crippen LogP contribution in [0.3, 0.4) is 0 Å². The Kier molecular flexibility index (Phi) is 3.57. The fourth-order valence-corrected chi connectivity index (χ4v) is 1.26. The van der Waals surface area contributed by atoms with E-state index in [2.05, 4.69) is 0 Å². The van der Waals surface area contributed by atoms with Crippen molar-refractivity contribution in [3.63, 3.8) is 0 Å². The van der Waals surface area contributed by atoms with Crippen LogP contribution in [0.15, 0.2) is 0 Å². The second-order valence-electron chi connectivity index (χ2n) is 3.00. The fraction of sp³-hybridized carbons (Fsp3) is 1.00. The highest BCUT2D eigenvalue weighted by Gasteiger charge is 2.34. The molecule has 0 atom stereocenters. The van der Waals surface area contributed by atoms with Gasteiger partial charge in [-0.3, -0.25) is 0 Å². The average Bonchev–Trinajstić information content (AvgIpc) is 2.17. The lowest BCUT2D eigenvalue weighted by atomic mass is 10.6. The molecular weight excluding hydrogens is 210 g/mol. The molecule has 0 N–H and O–H groups in total. The molecule has 1 saturated heterocycles. The zero-order chi connectivity index (χ0) is 11.4. The van der Waals surface area contributed by atoms with E-state index in [0.29, 0.717) is 0 Å². The molecule has 15 heavy (non-hydrogen) atoms. The third-order valence-corrected chi connectivity index (χ3v) is 1.83. The maximum Gasteiger partial charge on any atom is 0.210 e. The summed E-state index contributed by atoms with van der Waals surface area (Å²) in [6, 6.07) is 0. The maximum atomic E-state index is 10.5. The molecule has 0 aromatic heterocycles. The van der Waals surface area contributed by atoms with Crippen molar-refractivity contribution in [2.45, 2.75) is 0 Å². The van der Waals surface area contributed by atoms with Crippen LogP contribution in [0.5, 0.6) is 0 Å². The first-order valence-corrected chi connectivity index (χ1v) is 4.04. The second-order valence-corrected chi connectivity index (χ2v) is 3.00. The van der Waals surface area contributed by atoms with Crippen molar-refractivity contribution in [2.24, 2.45) is 0 Å². The minimum absolute atomic E-state index is 0.00514. The highest BCUT2D eigenvalue weighted by atomic mass is 16.7. The van der Waals surface area contributed by atoms with Crippen LogP contribution >= 0.6 is 0 Å². The molecule has 1 rings (SSSR count). The summed E-state index contributed by atoms with van der Waals surface area (Å²) in [4.78, 5) is 22.4. The van der Waals surface area contributed by atoms with Crippen LogP contribution < -0.4 is 0 Å². The highest BCUT2D eigenvalue weighted by molar-refractivity contribution is 4.55. The zero-order valence-electron chi connectivity index (χ0n) is 8.11. The van der Waals surface area contributed by atoms with Crippen LogP contribution in [0.1, 0.15) is 0 Å². The summed E-state index contributed by atoms with van der Waals surface area (Å²) in [5.74, 6) is 0. The molecular formula is C5H11N5O5. The number of methoxy groups -OCH3 is 1. The number of ether oxygens (including phenoxy) is 1. The monoisotopic (exact) mass is 221 g/mol. The fourth-order valence-electron chi connectivity index (χ4n) is 1.26. The first-order valence-electron chi connectivity index (χ1n) is 4.04. The van der Waals surface area contributed by atoms with Crippen LogP contribution in [-0.4, -0.2) is 58.8 Å². The Morgan fingerprint density at radius 2 is 1.60 bits per heavy atom. The van der Waals surface area contributed by atoms with E-state index in [9.17, 15) is 20.2 Å². The first kappa shape index (κ1) is 11.4. The van der Waals surface area contributed by atoms with Gasteiger partial charge >= 0.3 is 0 Å². The van der Waals surface area contributed by atoms with Gasteiger partial charge in [0, 0.05) is 7.11 Å². The Hall–Kier alpha value is -1.68. The molecule has 86 valence electrons. The molecule has 1 aliphatic rings. The molecule has 0 unspecified atom stereocenters. The predicted molar refractivity (Wildman–Crippen MR) is 46.0 cm³/mol. The standard InChI is InChI=1S/C5H11N5O5/c1-15-5-6-2-7(9(11)12)4-8(3-6)10(13)14/h2-5H2,1H3. The Balaban J connectivity index is 2.64. The maximum absolute atomic E-state index is 10.5. The lowest BCUT2D eigenvalue weighted by Gasteiger charge is -2.32. The molecule has 1 heterocycles. The van der Waals surface area contributed by atoms with Gasteiger partial charge in [0.1, 0.15) is 20.1 Å². The van der Waals surface area contributed by atoms with Gasteiger partial charge in [-0.2, -0.15) is 0 Å². The minimum atomic E-state index is -0.668. The summed E-state index contributed by atoms with van der Waals surface area (Å²) in [7, 11) is 1.42. The Morgan fingerprint density at radius 3 is 1.93 bits per heavy atom. The van der Waals surface area contributed by atoms with E-state index >= 15 is 0 Å². The van der Waals surface area contributed by atoms with E-state index < -0.39 is 10.1 Å². The normalized spacial score (nSPS) is 17.9. The van der Waals surface area contributed by atoms with Crippen molar-refractivity contribution in [3.05, 3.63) is 20.2 Å². The van der Waals surface area contributed by atoms with Crippen LogP contribution in [0, 0.1) is 20.2 Å². The van der Waals surface area contributed by atoms with Gasteiger partial charge < -0.3 is 4.74 Å². The molecule has 0 aromatic carbocycles. The molecule has 1 fully saturated rings. The lowest BCUT2D eigenvalue weighted by molar-refractivity contribution is -0.728. The van der Waals surface area contributed by atoms with Crippen molar-refractivity contribution in [3.8, 4) is 0 Å². The first-order chi connectivity index (χ1) is 7.04. The summed E-state index contributed by atoms with van der Waals surface area (Å²) in [5.41, 5.74) is 0. The molecule has 0 amide bonds. The van der Waals surface area contributed by atoms with Crippen molar-refractivity contribution in [1.82, 2.24) is 14.9 Å². The molecule has 0 saturated carbocycles. The molecule has 1 aliphatic heterocycles. The summed E-state index contributed by atoms with van der Waals surface area (Å²) in [5, 5.41) is 21.1. The van der Waals surface area contributed by atoms with E-state index in [0.717, 1.165) is 10.0 Å². The van der Waals surface area contributed by atoms with E-state index in [1.165, 1.54) is 12.0 Å². The van der Waals surface area contributed by atoms with Crippen molar-refractivity contribution in [1.29, 1.82) is 0 Å². The van der Waals surface area contributed by atoms with Gasteiger partial charge in [-0.05, 0) is 0 Å². The largest absolute Gasteiger partial charge is 0.369 e. The van der Waals surface area contributed by atoms with E-state index in [-0.39, 0.29) is 26.7 Å². The van der Waals surface area contributed by atoms with Gasteiger partial charge in [-0.1, -0.05) is 10.0 Å². The topological polar surface area (TPSA) is 105 Å². The molecule has 0 radical (unpaired) electrons. The number of nitro groups is 2. The molecule has 0 bridgehead atoms. The van der Waals surface area contributed by atoms with Crippen LogP contribution in [-0.2, 0) is 4.74 Å². The number of nitrogens with zero attached hydrogens (tertiary/aromatic N) is 5. The zero-order valence-corrected chi connectivity index (χ0v) is 8.11. The van der Waals surface area contributed by atoms with Gasteiger partial charge in [0.05, 0.1) is 0 Å². The molecule has 0 aliphatic carbocycles. The Bertz CT molecular complexity index is 238. The van der Waals surface area contributed by atoms with Gasteiger partial charge in [0.25, 0.3) is 0 Å². The van der Waals surface area contributed by atoms with Crippen molar-refractivity contribution >= 4 is 0 Å². The number of hydrogen-bond donors (Lipinski definition) is 0. The van der Waals surface area contributed by atoms with E-state index in [1.54, 1.807) is 0 Å². The molecule has 0 aromatic rings. The Morgan fingerprint density at radius 1 is 1.13 bits per heavy atom. The smallest absolute Gasteiger partial charge is 0.210 e. The van der Waals surface area contributed by atoms with Crippen LogP contribution in [0.25, 0.3) is 0 Å². The highest BCUT2D eigenvalue weighted by Crippen LogP contribution is 2.06. The third kappa shape index (κ3) is 2.89. The number of hydrogen-bond acceptors (Lipinski definition) is 6. The summed E-state index contributed by atoms with van der Waals surface area (Å²) in [6.07, 6.45) is 0. The number of hydrazine groups is 2. The van der Waals surface area contributed by atoms with Gasteiger partial charge in [0.2, 0.25) is 6.67 Å². The summed E-state index contributed by atoms with van der Waals surface area (Å²) < 4.78 is 4.76. The predicted octanol–water partition coefficient (Wildman–Crippen LogP) is -1.23.